The maximum atomic E-state index is 14.1. The lowest BCUT2D eigenvalue weighted by atomic mass is 10.0. The molecule has 0 spiro atoms. The van der Waals surface area contributed by atoms with Crippen molar-refractivity contribution < 1.29 is 4.39 Å². The summed E-state index contributed by atoms with van der Waals surface area (Å²) in [6.45, 7) is 3.66. The number of halogens is 2. The van der Waals surface area contributed by atoms with Crippen LogP contribution in [-0.2, 0) is 0 Å². The lowest BCUT2D eigenvalue weighted by molar-refractivity contribution is 0.619. The number of aryl methyl sites for hydroxylation is 2. The van der Waals surface area contributed by atoms with Crippen LogP contribution in [0.25, 0.3) is 28.0 Å². The molecule has 0 aliphatic carbocycles. The SMILES string of the molecule is Cc1ccc2cc(-c3ccc(C)c(F)c3)c(-c3ccc(Cl)nn3)n2n1. The van der Waals surface area contributed by atoms with Gasteiger partial charge in [-0.05, 0) is 61.4 Å². The molecule has 0 saturated carbocycles. The van der Waals surface area contributed by atoms with E-state index in [4.69, 9.17) is 11.6 Å². The molecule has 3 aromatic heterocycles. The minimum Gasteiger partial charge on any atom is -0.231 e. The van der Waals surface area contributed by atoms with Crippen LogP contribution in [0.15, 0.2) is 48.5 Å². The number of benzene rings is 1. The van der Waals surface area contributed by atoms with Gasteiger partial charge < -0.3 is 0 Å². The van der Waals surface area contributed by atoms with Gasteiger partial charge in [0, 0.05) is 5.56 Å². The fraction of sp³-hybridized carbons (Fsp3) is 0.105. The molecule has 0 unspecified atom stereocenters. The molecule has 4 rings (SSSR count). The van der Waals surface area contributed by atoms with Crippen molar-refractivity contribution in [2.75, 3.05) is 0 Å². The van der Waals surface area contributed by atoms with Crippen molar-refractivity contribution in [3.63, 3.8) is 0 Å². The molecule has 0 N–H and O–H groups in total. The van der Waals surface area contributed by atoms with Crippen LogP contribution in [0.2, 0.25) is 5.15 Å². The molecular weight excluding hydrogens is 339 g/mol. The molecule has 0 aliphatic rings. The quantitative estimate of drug-likeness (QED) is 0.517. The van der Waals surface area contributed by atoms with Crippen molar-refractivity contribution in [2.45, 2.75) is 13.8 Å². The Balaban J connectivity index is 2.04. The highest BCUT2D eigenvalue weighted by atomic mass is 35.5. The number of nitrogens with zero attached hydrogens (tertiary/aromatic N) is 4. The van der Waals surface area contributed by atoms with Gasteiger partial charge in [-0.15, -0.1) is 10.2 Å². The van der Waals surface area contributed by atoms with Gasteiger partial charge in [-0.3, -0.25) is 0 Å². The molecule has 4 nitrogen and oxygen atoms in total. The maximum Gasteiger partial charge on any atom is 0.151 e. The average Bonchev–Trinajstić information content (AvgIpc) is 2.96. The molecule has 6 heteroatoms. The Hall–Kier alpha value is -2.79. The van der Waals surface area contributed by atoms with Gasteiger partial charge in [-0.2, -0.15) is 5.10 Å². The monoisotopic (exact) mass is 352 g/mol. The van der Waals surface area contributed by atoms with E-state index in [0.29, 0.717) is 16.4 Å². The van der Waals surface area contributed by atoms with Crippen molar-refractivity contribution >= 4 is 17.1 Å². The van der Waals surface area contributed by atoms with E-state index in [-0.39, 0.29) is 5.82 Å². The third-order valence-electron chi connectivity index (χ3n) is 4.11. The fourth-order valence-corrected chi connectivity index (χ4v) is 2.91. The number of rotatable bonds is 2. The predicted molar refractivity (Wildman–Crippen MR) is 96.1 cm³/mol. The Morgan fingerprint density at radius 1 is 0.960 bits per heavy atom. The molecule has 124 valence electrons. The summed E-state index contributed by atoms with van der Waals surface area (Å²) in [5.74, 6) is -0.245. The summed E-state index contributed by atoms with van der Waals surface area (Å²) in [5.41, 5.74) is 5.35. The molecule has 0 aliphatic heterocycles. The second-order valence-electron chi connectivity index (χ2n) is 5.92. The fourth-order valence-electron chi connectivity index (χ4n) is 2.81. The number of hydrogen-bond acceptors (Lipinski definition) is 3. The van der Waals surface area contributed by atoms with E-state index in [2.05, 4.69) is 15.3 Å². The topological polar surface area (TPSA) is 43.1 Å². The summed E-state index contributed by atoms with van der Waals surface area (Å²) < 4.78 is 15.9. The first kappa shape index (κ1) is 15.7. The Morgan fingerprint density at radius 3 is 2.52 bits per heavy atom. The molecule has 25 heavy (non-hydrogen) atoms. The molecule has 4 aromatic rings. The zero-order valence-corrected chi connectivity index (χ0v) is 14.4. The van der Waals surface area contributed by atoms with Crippen LogP contribution in [0.3, 0.4) is 0 Å². The van der Waals surface area contributed by atoms with Gasteiger partial charge >= 0.3 is 0 Å². The minimum atomic E-state index is -0.245. The summed E-state index contributed by atoms with van der Waals surface area (Å²) in [6.07, 6.45) is 0. The number of fused-ring (bicyclic) bond motifs is 1. The third kappa shape index (κ3) is 2.76. The van der Waals surface area contributed by atoms with E-state index in [9.17, 15) is 4.39 Å². The molecule has 3 heterocycles. The normalized spacial score (nSPS) is 11.2. The van der Waals surface area contributed by atoms with E-state index in [1.165, 1.54) is 6.07 Å². The van der Waals surface area contributed by atoms with Crippen LogP contribution in [0.5, 0.6) is 0 Å². The highest BCUT2D eigenvalue weighted by molar-refractivity contribution is 6.29. The van der Waals surface area contributed by atoms with Gasteiger partial charge in [0.2, 0.25) is 0 Å². The summed E-state index contributed by atoms with van der Waals surface area (Å²) in [7, 11) is 0. The number of hydrogen-bond donors (Lipinski definition) is 0. The van der Waals surface area contributed by atoms with Gasteiger partial charge in [0.25, 0.3) is 0 Å². The van der Waals surface area contributed by atoms with Crippen LogP contribution in [0, 0.1) is 19.7 Å². The molecule has 0 bridgehead atoms. The second-order valence-corrected chi connectivity index (χ2v) is 6.31. The van der Waals surface area contributed by atoms with Crippen molar-refractivity contribution in [3.05, 3.63) is 70.8 Å². The van der Waals surface area contributed by atoms with E-state index < -0.39 is 0 Å². The van der Waals surface area contributed by atoms with Crippen molar-refractivity contribution in [1.29, 1.82) is 0 Å². The lowest BCUT2D eigenvalue weighted by Gasteiger charge is -2.07. The van der Waals surface area contributed by atoms with Crippen LogP contribution in [0.1, 0.15) is 11.3 Å². The van der Waals surface area contributed by atoms with Crippen molar-refractivity contribution in [2.24, 2.45) is 0 Å². The summed E-state index contributed by atoms with van der Waals surface area (Å²) in [4.78, 5) is 0. The van der Waals surface area contributed by atoms with E-state index >= 15 is 0 Å². The van der Waals surface area contributed by atoms with Crippen LogP contribution in [-0.4, -0.2) is 19.8 Å². The van der Waals surface area contributed by atoms with Crippen molar-refractivity contribution in [3.8, 4) is 22.5 Å². The largest absolute Gasteiger partial charge is 0.231 e. The third-order valence-corrected chi connectivity index (χ3v) is 4.32. The van der Waals surface area contributed by atoms with E-state index in [0.717, 1.165) is 28.0 Å². The lowest BCUT2D eigenvalue weighted by Crippen LogP contribution is -1.99. The van der Waals surface area contributed by atoms with Crippen LogP contribution in [0.4, 0.5) is 4.39 Å². The number of aromatic nitrogens is 4. The molecule has 0 atom stereocenters. The van der Waals surface area contributed by atoms with E-state index in [1.807, 2.05) is 31.2 Å². The molecular formula is C19H14ClFN4. The zero-order chi connectivity index (χ0) is 17.6. The van der Waals surface area contributed by atoms with Crippen LogP contribution < -0.4 is 0 Å². The summed E-state index contributed by atoms with van der Waals surface area (Å²) in [5, 5.41) is 13.0. The first-order chi connectivity index (χ1) is 12.0. The second kappa shape index (κ2) is 5.93. The van der Waals surface area contributed by atoms with Gasteiger partial charge in [0.05, 0.1) is 11.2 Å². The Kier molecular flexibility index (Phi) is 3.73. The average molecular weight is 353 g/mol. The van der Waals surface area contributed by atoms with E-state index in [1.54, 1.807) is 29.6 Å². The molecule has 1 aromatic carbocycles. The Bertz CT molecular complexity index is 1090. The van der Waals surface area contributed by atoms with Crippen molar-refractivity contribution in [1.82, 2.24) is 19.8 Å². The first-order valence-electron chi connectivity index (χ1n) is 7.78. The van der Waals surface area contributed by atoms with Gasteiger partial charge in [-0.1, -0.05) is 23.7 Å². The molecule has 0 radical (unpaired) electrons. The highest BCUT2D eigenvalue weighted by Gasteiger charge is 2.17. The Labute approximate surface area is 148 Å². The molecule has 0 saturated heterocycles. The Morgan fingerprint density at radius 2 is 1.80 bits per heavy atom. The molecule has 0 amide bonds. The van der Waals surface area contributed by atoms with Crippen LogP contribution >= 0.6 is 11.6 Å². The van der Waals surface area contributed by atoms with Gasteiger partial charge in [0.1, 0.15) is 17.2 Å². The summed E-state index contributed by atoms with van der Waals surface area (Å²) >= 11 is 5.87. The smallest absolute Gasteiger partial charge is 0.151 e. The first-order valence-corrected chi connectivity index (χ1v) is 8.16. The van der Waals surface area contributed by atoms with Gasteiger partial charge in [-0.25, -0.2) is 8.91 Å². The standard InChI is InChI=1S/C19H14ClFN4/c1-11-3-5-13(9-16(11)21)15-10-14-6-4-12(2)24-25(14)19(15)17-7-8-18(20)23-22-17/h3-10H,1-2H3. The maximum absolute atomic E-state index is 14.1. The highest BCUT2D eigenvalue weighted by Crippen LogP contribution is 2.34. The zero-order valence-electron chi connectivity index (χ0n) is 13.7. The minimum absolute atomic E-state index is 0.245. The molecule has 0 fully saturated rings. The predicted octanol–water partition coefficient (Wildman–Crippen LogP) is 4.87. The van der Waals surface area contributed by atoms with Gasteiger partial charge in [0.15, 0.2) is 5.15 Å². The summed E-state index contributed by atoms with van der Waals surface area (Å²) in [6, 6.07) is 14.5.